The van der Waals surface area contributed by atoms with Gasteiger partial charge in [-0.05, 0) is 43.6 Å². The van der Waals surface area contributed by atoms with Crippen molar-refractivity contribution in [2.45, 2.75) is 31.0 Å². The summed E-state index contributed by atoms with van der Waals surface area (Å²) in [7, 11) is 0. The van der Waals surface area contributed by atoms with E-state index >= 15 is 0 Å². The quantitative estimate of drug-likeness (QED) is 0.898. The number of nitrogens with zero attached hydrogens (tertiary/aromatic N) is 2. The molecule has 1 aromatic heterocycles. The zero-order valence-corrected chi connectivity index (χ0v) is 13.1. The predicted molar refractivity (Wildman–Crippen MR) is 83.4 cm³/mol. The molecule has 7 heteroatoms. The number of aromatic amines is 1. The highest BCUT2D eigenvalue weighted by molar-refractivity contribution is 5.26. The molecule has 24 heavy (non-hydrogen) atoms. The Hall–Kier alpha value is -1.86. The van der Waals surface area contributed by atoms with E-state index in [-0.39, 0.29) is 0 Å². The van der Waals surface area contributed by atoms with Gasteiger partial charge in [-0.3, -0.25) is 0 Å². The molecule has 1 saturated heterocycles. The largest absolute Gasteiger partial charge is 0.416 e. The molecule has 1 unspecified atom stereocenters. The monoisotopic (exact) mass is 339 g/mol. The van der Waals surface area contributed by atoms with E-state index in [0.717, 1.165) is 43.9 Å². The number of hydrogen-bond acceptors (Lipinski definition) is 3. The van der Waals surface area contributed by atoms with Crippen molar-refractivity contribution in [1.82, 2.24) is 14.9 Å². The van der Waals surface area contributed by atoms with Crippen LogP contribution in [0.4, 0.5) is 13.2 Å². The number of piperidine rings is 1. The van der Waals surface area contributed by atoms with Crippen LogP contribution in [0, 0.1) is 0 Å². The molecule has 1 aromatic carbocycles. The third kappa shape index (κ3) is 3.96. The van der Waals surface area contributed by atoms with E-state index in [9.17, 15) is 18.3 Å². The number of aliphatic hydroxyl groups excluding tert-OH is 1. The smallest absolute Gasteiger partial charge is 0.387 e. The van der Waals surface area contributed by atoms with Gasteiger partial charge in [-0.2, -0.15) is 13.2 Å². The molecule has 2 N–H and O–H groups in total. The van der Waals surface area contributed by atoms with E-state index in [2.05, 4.69) is 14.9 Å². The molecule has 0 spiro atoms. The fourth-order valence-electron chi connectivity index (χ4n) is 3.13. The Bertz CT molecular complexity index is 632. The van der Waals surface area contributed by atoms with Crippen molar-refractivity contribution in [1.29, 1.82) is 0 Å². The second-order valence-electron chi connectivity index (χ2n) is 6.18. The first-order valence-electron chi connectivity index (χ1n) is 8.00. The average molecular weight is 339 g/mol. The first-order valence-corrected chi connectivity index (χ1v) is 8.00. The van der Waals surface area contributed by atoms with E-state index in [4.69, 9.17) is 0 Å². The fourth-order valence-corrected chi connectivity index (χ4v) is 3.13. The van der Waals surface area contributed by atoms with Gasteiger partial charge in [0.05, 0.1) is 11.7 Å². The number of alkyl halides is 3. The van der Waals surface area contributed by atoms with Crippen LogP contribution in [0.1, 0.15) is 41.8 Å². The minimum Gasteiger partial charge on any atom is -0.387 e. The molecule has 1 aliphatic rings. The number of aromatic nitrogens is 2. The molecule has 0 amide bonds. The van der Waals surface area contributed by atoms with Gasteiger partial charge in [0.25, 0.3) is 0 Å². The molecule has 3 rings (SSSR count). The maximum Gasteiger partial charge on any atom is 0.416 e. The maximum absolute atomic E-state index is 12.6. The molecule has 2 heterocycles. The molecule has 0 saturated carbocycles. The molecule has 2 aromatic rings. The zero-order valence-electron chi connectivity index (χ0n) is 13.1. The summed E-state index contributed by atoms with van der Waals surface area (Å²) in [6.45, 7) is 2.10. The van der Waals surface area contributed by atoms with Crippen LogP contribution in [0.2, 0.25) is 0 Å². The zero-order chi connectivity index (χ0) is 17.2. The normalized spacial score (nSPS) is 18.7. The van der Waals surface area contributed by atoms with E-state index in [0.29, 0.717) is 18.0 Å². The molecule has 0 bridgehead atoms. The Morgan fingerprint density at radius 3 is 2.42 bits per heavy atom. The van der Waals surface area contributed by atoms with Gasteiger partial charge in [0.1, 0.15) is 5.82 Å². The predicted octanol–water partition coefficient (Wildman–Crippen LogP) is 3.34. The Kier molecular flexibility index (Phi) is 4.91. The van der Waals surface area contributed by atoms with Crippen molar-refractivity contribution in [3.63, 3.8) is 0 Å². The maximum atomic E-state index is 12.6. The molecule has 1 fully saturated rings. The molecular weight excluding hydrogens is 319 g/mol. The summed E-state index contributed by atoms with van der Waals surface area (Å²) < 4.78 is 37.7. The van der Waals surface area contributed by atoms with Crippen LogP contribution in [-0.2, 0) is 6.18 Å². The topological polar surface area (TPSA) is 52.1 Å². The number of benzene rings is 1. The molecule has 0 aliphatic carbocycles. The van der Waals surface area contributed by atoms with Crippen LogP contribution in [-0.4, -0.2) is 39.6 Å². The van der Waals surface area contributed by atoms with Gasteiger partial charge in [0.2, 0.25) is 0 Å². The Morgan fingerprint density at radius 1 is 1.21 bits per heavy atom. The highest BCUT2D eigenvalue weighted by Crippen LogP contribution is 2.30. The number of nitrogens with one attached hydrogen (secondary N) is 1. The lowest BCUT2D eigenvalue weighted by atomic mass is 9.95. The second-order valence-corrected chi connectivity index (χ2v) is 6.18. The van der Waals surface area contributed by atoms with E-state index < -0.39 is 17.8 Å². The molecule has 130 valence electrons. The van der Waals surface area contributed by atoms with E-state index in [1.165, 1.54) is 12.1 Å². The molecule has 0 radical (unpaired) electrons. The number of aliphatic hydroxyl groups is 1. The lowest BCUT2D eigenvalue weighted by molar-refractivity contribution is -0.137. The lowest BCUT2D eigenvalue weighted by Crippen LogP contribution is -2.36. The van der Waals surface area contributed by atoms with Crippen LogP contribution in [0.15, 0.2) is 36.7 Å². The number of halogens is 3. The summed E-state index contributed by atoms with van der Waals surface area (Å²) in [6, 6.07) is 4.73. The fraction of sp³-hybridized carbons (Fsp3) is 0.471. The van der Waals surface area contributed by atoms with Gasteiger partial charge in [-0.1, -0.05) is 12.1 Å². The van der Waals surface area contributed by atoms with Crippen LogP contribution < -0.4 is 0 Å². The van der Waals surface area contributed by atoms with Crippen LogP contribution >= 0.6 is 0 Å². The summed E-state index contributed by atoms with van der Waals surface area (Å²) in [6.07, 6.45) is 0.330. The number of imidazole rings is 1. The highest BCUT2D eigenvalue weighted by atomic mass is 19.4. The minimum absolute atomic E-state index is 0.402. The van der Waals surface area contributed by atoms with Crippen molar-refractivity contribution >= 4 is 0 Å². The molecule has 1 aliphatic heterocycles. The van der Waals surface area contributed by atoms with Crippen molar-refractivity contribution in [2.75, 3.05) is 19.6 Å². The van der Waals surface area contributed by atoms with Crippen molar-refractivity contribution in [3.8, 4) is 0 Å². The SMILES string of the molecule is OC(CN1CCC(c2ncc[nH]2)CC1)c1ccc(C(F)(F)F)cc1. The first kappa shape index (κ1) is 17.0. The van der Waals surface area contributed by atoms with Gasteiger partial charge >= 0.3 is 6.18 Å². The third-order valence-electron chi connectivity index (χ3n) is 4.55. The first-order chi connectivity index (χ1) is 11.4. The number of H-pyrrole nitrogens is 1. The van der Waals surface area contributed by atoms with Crippen molar-refractivity contribution in [2.24, 2.45) is 0 Å². The molecule has 1 atom stereocenters. The summed E-state index contributed by atoms with van der Waals surface area (Å²) >= 11 is 0. The Labute approximate surface area is 138 Å². The van der Waals surface area contributed by atoms with Gasteiger partial charge in [0.15, 0.2) is 0 Å². The Morgan fingerprint density at radius 2 is 1.88 bits per heavy atom. The van der Waals surface area contributed by atoms with Crippen molar-refractivity contribution in [3.05, 3.63) is 53.6 Å². The lowest BCUT2D eigenvalue weighted by Gasteiger charge is -2.32. The van der Waals surface area contributed by atoms with Gasteiger partial charge in [0, 0.05) is 24.9 Å². The number of hydrogen-bond donors (Lipinski definition) is 2. The van der Waals surface area contributed by atoms with Crippen LogP contribution in [0.5, 0.6) is 0 Å². The summed E-state index contributed by atoms with van der Waals surface area (Å²) in [5.74, 6) is 1.40. The standard InChI is InChI=1S/C17H20F3N3O/c18-17(19,20)14-3-1-12(2-4-14)15(24)11-23-9-5-13(6-10-23)16-21-7-8-22-16/h1-4,7-8,13,15,24H,5-6,9-11H2,(H,21,22). The average Bonchev–Trinajstić information content (AvgIpc) is 3.09. The summed E-state index contributed by atoms with van der Waals surface area (Å²) in [5.41, 5.74) is -0.186. The highest BCUT2D eigenvalue weighted by Gasteiger charge is 2.30. The number of β-amino-alcohol motifs (C(OH)–C–C–N with tert-alkyl or cyclic N) is 1. The van der Waals surface area contributed by atoms with Crippen LogP contribution in [0.3, 0.4) is 0 Å². The number of rotatable bonds is 4. The summed E-state index contributed by atoms with van der Waals surface area (Å²) in [4.78, 5) is 9.56. The van der Waals surface area contributed by atoms with Gasteiger partial charge in [-0.15, -0.1) is 0 Å². The minimum atomic E-state index is -4.35. The Balaban J connectivity index is 1.53. The number of likely N-dealkylation sites (tertiary alicyclic amines) is 1. The van der Waals surface area contributed by atoms with Gasteiger partial charge in [-0.25, -0.2) is 4.98 Å². The van der Waals surface area contributed by atoms with Crippen LogP contribution in [0.25, 0.3) is 0 Å². The summed E-state index contributed by atoms with van der Waals surface area (Å²) in [5, 5.41) is 10.3. The third-order valence-corrected chi connectivity index (χ3v) is 4.55. The van der Waals surface area contributed by atoms with Crippen molar-refractivity contribution < 1.29 is 18.3 Å². The second kappa shape index (κ2) is 6.94. The van der Waals surface area contributed by atoms with E-state index in [1.54, 1.807) is 6.20 Å². The molecule has 4 nitrogen and oxygen atoms in total. The molecular formula is C17H20F3N3O. The van der Waals surface area contributed by atoms with Gasteiger partial charge < -0.3 is 15.0 Å². The van der Waals surface area contributed by atoms with E-state index in [1.807, 2.05) is 6.20 Å².